The minimum absolute atomic E-state index is 0.0552. The smallest absolute Gasteiger partial charge is 0.319 e. The first kappa shape index (κ1) is 18.2. The van der Waals surface area contributed by atoms with Crippen molar-refractivity contribution < 1.29 is 9.69 Å². The first-order chi connectivity index (χ1) is 11.9. The lowest BCUT2D eigenvalue weighted by molar-refractivity contribution is -0.963. The van der Waals surface area contributed by atoms with Gasteiger partial charge in [-0.15, -0.1) is 0 Å². The Hall–Kier alpha value is -1.55. The highest BCUT2D eigenvalue weighted by atomic mass is 16.2. The maximum absolute atomic E-state index is 12.5. The molecule has 2 amide bonds. The van der Waals surface area contributed by atoms with E-state index in [-0.39, 0.29) is 6.03 Å². The Morgan fingerprint density at radius 2 is 1.72 bits per heavy atom. The van der Waals surface area contributed by atoms with Gasteiger partial charge in [0.25, 0.3) is 0 Å². The average Bonchev–Trinajstić information content (AvgIpc) is 2.46. The van der Waals surface area contributed by atoms with Gasteiger partial charge in [0.2, 0.25) is 0 Å². The summed E-state index contributed by atoms with van der Waals surface area (Å²) in [6.07, 6.45) is 6.24. The molecule has 4 nitrogen and oxygen atoms in total. The number of anilines is 1. The van der Waals surface area contributed by atoms with Crippen LogP contribution >= 0.6 is 0 Å². The lowest BCUT2D eigenvalue weighted by Gasteiger charge is -2.46. The molecule has 2 bridgehead atoms. The van der Waals surface area contributed by atoms with Crippen molar-refractivity contribution in [1.29, 1.82) is 0 Å². The van der Waals surface area contributed by atoms with Crippen LogP contribution in [0.2, 0.25) is 0 Å². The van der Waals surface area contributed by atoms with Gasteiger partial charge in [0.15, 0.2) is 0 Å². The number of hydrogen-bond donors (Lipinski definition) is 3. The van der Waals surface area contributed by atoms with Crippen LogP contribution in [-0.4, -0.2) is 30.7 Å². The molecule has 138 valence electrons. The molecule has 4 atom stereocenters. The van der Waals surface area contributed by atoms with Crippen molar-refractivity contribution in [2.45, 2.75) is 77.9 Å². The molecule has 0 saturated carbocycles. The highest BCUT2D eigenvalue weighted by Gasteiger charge is 2.42. The fraction of sp³-hybridized carbons (Fsp3) is 0.667. The maximum Gasteiger partial charge on any atom is 0.319 e. The van der Waals surface area contributed by atoms with Crippen molar-refractivity contribution in [3.8, 4) is 0 Å². The Labute approximate surface area is 152 Å². The van der Waals surface area contributed by atoms with E-state index in [4.69, 9.17) is 0 Å². The van der Waals surface area contributed by atoms with Crippen LogP contribution in [0, 0.1) is 19.8 Å². The molecule has 2 fully saturated rings. The van der Waals surface area contributed by atoms with Gasteiger partial charge in [0.05, 0.1) is 18.6 Å². The Bertz CT molecular complexity index is 579. The van der Waals surface area contributed by atoms with Crippen LogP contribution in [0.3, 0.4) is 0 Å². The van der Waals surface area contributed by atoms with E-state index in [2.05, 4.69) is 44.4 Å². The second-order valence-electron chi connectivity index (χ2n) is 8.64. The monoisotopic (exact) mass is 344 g/mol. The number of amides is 2. The van der Waals surface area contributed by atoms with Crippen LogP contribution in [0.15, 0.2) is 18.2 Å². The first-order valence-corrected chi connectivity index (χ1v) is 9.92. The van der Waals surface area contributed by atoms with Crippen LogP contribution in [0.4, 0.5) is 10.5 Å². The molecule has 2 aliphatic rings. The molecule has 1 aromatic rings. The summed E-state index contributed by atoms with van der Waals surface area (Å²) < 4.78 is 0. The van der Waals surface area contributed by atoms with E-state index >= 15 is 0 Å². The largest absolute Gasteiger partial charge is 0.335 e. The van der Waals surface area contributed by atoms with Crippen LogP contribution in [0.25, 0.3) is 0 Å². The highest BCUT2D eigenvalue weighted by Crippen LogP contribution is 2.23. The maximum atomic E-state index is 12.5. The zero-order chi connectivity index (χ0) is 18.0. The molecule has 0 aliphatic carbocycles. The summed E-state index contributed by atoms with van der Waals surface area (Å²) in [4.78, 5) is 14.3. The quantitative estimate of drug-likeness (QED) is 0.772. The van der Waals surface area contributed by atoms with Crippen LogP contribution < -0.4 is 15.5 Å². The number of urea groups is 1. The van der Waals surface area contributed by atoms with E-state index in [0.29, 0.717) is 6.04 Å². The van der Waals surface area contributed by atoms with Gasteiger partial charge >= 0.3 is 6.03 Å². The van der Waals surface area contributed by atoms with Crippen LogP contribution in [0.1, 0.15) is 57.1 Å². The van der Waals surface area contributed by atoms with Crippen molar-refractivity contribution in [3.63, 3.8) is 0 Å². The predicted octanol–water partition coefficient (Wildman–Crippen LogP) is 3.05. The summed E-state index contributed by atoms with van der Waals surface area (Å²) >= 11 is 0. The molecule has 25 heavy (non-hydrogen) atoms. The Balaban J connectivity index is 1.57. The van der Waals surface area contributed by atoms with Gasteiger partial charge in [-0.1, -0.05) is 19.9 Å². The summed E-state index contributed by atoms with van der Waals surface area (Å²) in [5, 5.41) is 6.27. The van der Waals surface area contributed by atoms with Gasteiger partial charge in [-0.2, -0.15) is 0 Å². The average molecular weight is 345 g/mol. The summed E-state index contributed by atoms with van der Waals surface area (Å²) in [6, 6.07) is 7.88. The minimum atomic E-state index is -0.0552. The molecule has 2 unspecified atom stereocenters. The molecular weight excluding hydrogens is 310 g/mol. The van der Waals surface area contributed by atoms with E-state index in [1.807, 2.05) is 12.1 Å². The van der Waals surface area contributed by atoms with E-state index in [1.165, 1.54) is 36.9 Å². The molecule has 2 saturated heterocycles. The van der Waals surface area contributed by atoms with Gasteiger partial charge in [-0.3, -0.25) is 0 Å². The predicted molar refractivity (Wildman–Crippen MR) is 103 cm³/mol. The normalized spacial score (nSPS) is 28.7. The number of aryl methyl sites for hydroxylation is 2. The Kier molecular flexibility index (Phi) is 5.67. The summed E-state index contributed by atoms with van der Waals surface area (Å²) in [7, 11) is 0. The van der Waals surface area contributed by atoms with Crippen LogP contribution in [-0.2, 0) is 0 Å². The van der Waals surface area contributed by atoms with E-state index in [9.17, 15) is 4.79 Å². The fourth-order valence-electron chi connectivity index (χ4n) is 4.96. The molecule has 0 spiro atoms. The Morgan fingerprint density at radius 3 is 2.28 bits per heavy atom. The number of rotatable bonds is 4. The molecule has 1 aromatic carbocycles. The van der Waals surface area contributed by atoms with E-state index in [0.717, 1.165) is 36.5 Å². The van der Waals surface area contributed by atoms with Gasteiger partial charge < -0.3 is 15.5 Å². The van der Waals surface area contributed by atoms with Crippen molar-refractivity contribution in [1.82, 2.24) is 5.32 Å². The van der Waals surface area contributed by atoms with Crippen LogP contribution in [0.5, 0.6) is 0 Å². The molecule has 4 heteroatoms. The molecular formula is C21H34N3O+. The van der Waals surface area contributed by atoms with Crippen molar-refractivity contribution in [3.05, 3.63) is 29.3 Å². The number of fused-ring (bicyclic) bond motifs is 2. The third-order valence-corrected chi connectivity index (χ3v) is 5.75. The van der Waals surface area contributed by atoms with Crippen molar-refractivity contribution >= 4 is 11.7 Å². The van der Waals surface area contributed by atoms with Gasteiger partial charge in [-0.25, -0.2) is 4.79 Å². The second-order valence-corrected chi connectivity index (χ2v) is 8.64. The van der Waals surface area contributed by atoms with Gasteiger partial charge in [-0.05, 0) is 56.4 Å². The summed E-state index contributed by atoms with van der Waals surface area (Å²) in [5.74, 6) is 0.746. The highest BCUT2D eigenvalue weighted by molar-refractivity contribution is 5.89. The zero-order valence-electron chi connectivity index (χ0n) is 16.2. The first-order valence-electron chi connectivity index (χ1n) is 9.92. The van der Waals surface area contributed by atoms with Gasteiger partial charge in [0, 0.05) is 30.5 Å². The number of quaternary nitrogens is 1. The lowest BCUT2D eigenvalue weighted by atomic mass is 9.81. The fourth-order valence-corrected chi connectivity index (χ4v) is 4.96. The third kappa shape index (κ3) is 4.75. The van der Waals surface area contributed by atoms with Crippen molar-refractivity contribution in [2.24, 2.45) is 5.92 Å². The SMILES string of the molecule is Cc1cc(C)cc(NC(=O)NC2C[C@H]3CCC[C@@H](C2)[NH+]3CC(C)C)c1. The number of benzene rings is 1. The second kappa shape index (κ2) is 7.77. The molecule has 0 aromatic heterocycles. The molecule has 0 radical (unpaired) electrons. The topological polar surface area (TPSA) is 45.6 Å². The number of nitrogens with one attached hydrogen (secondary N) is 3. The number of hydrogen-bond acceptors (Lipinski definition) is 1. The summed E-state index contributed by atoms with van der Waals surface area (Å²) in [5.41, 5.74) is 3.24. The number of piperidine rings is 2. The molecule has 3 rings (SSSR count). The molecule has 2 heterocycles. The lowest BCUT2D eigenvalue weighted by Crippen LogP contribution is -3.21. The molecule has 2 aliphatic heterocycles. The number of carbonyl (C=O) groups is 1. The zero-order valence-corrected chi connectivity index (χ0v) is 16.2. The van der Waals surface area contributed by atoms with Crippen molar-refractivity contribution in [2.75, 3.05) is 11.9 Å². The van der Waals surface area contributed by atoms with E-state index < -0.39 is 0 Å². The minimum Gasteiger partial charge on any atom is -0.335 e. The van der Waals surface area contributed by atoms with Gasteiger partial charge in [0.1, 0.15) is 0 Å². The summed E-state index contributed by atoms with van der Waals surface area (Å²) in [6.45, 7) is 10.0. The number of carbonyl (C=O) groups excluding carboxylic acids is 1. The van der Waals surface area contributed by atoms with E-state index in [1.54, 1.807) is 4.90 Å². The Morgan fingerprint density at radius 1 is 1.12 bits per heavy atom. The third-order valence-electron chi connectivity index (χ3n) is 5.75. The standard InChI is InChI=1S/C21H33N3O/c1-14(2)13-24-19-6-5-7-20(24)12-18(11-19)23-21(25)22-17-9-15(3)8-16(4)10-17/h8-10,14,18-20H,5-7,11-13H2,1-4H3,(H2,22,23,25)/p+1/t18?,19-,20+. The molecule has 3 N–H and O–H groups in total.